The van der Waals surface area contributed by atoms with E-state index in [9.17, 15) is 14.4 Å². The fourth-order valence-electron chi connectivity index (χ4n) is 3.26. The summed E-state index contributed by atoms with van der Waals surface area (Å²) in [6, 6.07) is 15.9. The lowest BCUT2D eigenvalue weighted by molar-refractivity contribution is 0.100. The summed E-state index contributed by atoms with van der Waals surface area (Å²) in [5.74, 6) is -0.784. The fraction of sp³-hybridized carbons (Fsp3) is 0.0455. The Morgan fingerprint density at radius 3 is 2.65 bits per heavy atom. The molecule has 0 saturated heterocycles. The maximum atomic E-state index is 12.8. The molecule has 9 heteroatoms. The minimum atomic E-state index is -0.800. The molecule has 1 N–H and O–H groups in total. The highest BCUT2D eigenvalue weighted by molar-refractivity contribution is 6.01. The number of nitrogens with zero attached hydrogens (tertiary/aromatic N) is 4. The zero-order valence-corrected chi connectivity index (χ0v) is 16.3. The van der Waals surface area contributed by atoms with Gasteiger partial charge in [0.1, 0.15) is 22.9 Å². The van der Waals surface area contributed by atoms with Gasteiger partial charge in [-0.1, -0.05) is 35.9 Å². The van der Waals surface area contributed by atoms with E-state index in [1.165, 1.54) is 18.6 Å². The van der Waals surface area contributed by atoms with Crippen molar-refractivity contribution in [3.05, 3.63) is 99.0 Å². The zero-order chi connectivity index (χ0) is 21.5. The fourth-order valence-corrected chi connectivity index (χ4v) is 3.26. The number of hydrogen-bond acceptors (Lipinski definition) is 6. The van der Waals surface area contributed by atoms with Gasteiger partial charge in [-0.05, 0) is 31.2 Å². The van der Waals surface area contributed by atoms with Gasteiger partial charge in [0.2, 0.25) is 0 Å². The van der Waals surface area contributed by atoms with Gasteiger partial charge in [0.15, 0.2) is 5.65 Å². The second-order valence-electron chi connectivity index (χ2n) is 6.98. The number of aromatic nitrogens is 4. The highest BCUT2D eigenvalue weighted by Crippen LogP contribution is 2.15. The molecule has 0 radical (unpaired) electrons. The Balaban J connectivity index is 1.51. The molecule has 0 unspecified atom stereocenters. The van der Waals surface area contributed by atoms with Crippen LogP contribution in [0.1, 0.15) is 15.9 Å². The standard InChI is InChI=1S/C22H15N5O4/c1-13-6-8-15(9-7-13)27-19-17(11-24-27)21(29)26(12-23-19)25-20(28)16-10-14-4-2-3-5-18(14)31-22(16)30/h2-12H,1H3,(H,25,28). The third kappa shape index (κ3) is 3.18. The van der Waals surface area contributed by atoms with Crippen LogP contribution in [0.2, 0.25) is 0 Å². The number of fused-ring (bicyclic) bond motifs is 2. The number of nitrogens with one attached hydrogen (secondary N) is 1. The Labute approximate surface area is 174 Å². The van der Waals surface area contributed by atoms with E-state index in [-0.39, 0.29) is 10.9 Å². The van der Waals surface area contributed by atoms with Crippen molar-refractivity contribution in [1.29, 1.82) is 0 Å². The lowest BCUT2D eigenvalue weighted by atomic mass is 10.2. The van der Waals surface area contributed by atoms with E-state index < -0.39 is 17.1 Å². The summed E-state index contributed by atoms with van der Waals surface area (Å²) in [4.78, 5) is 42.0. The largest absolute Gasteiger partial charge is 0.422 e. The highest BCUT2D eigenvalue weighted by atomic mass is 16.4. The summed E-state index contributed by atoms with van der Waals surface area (Å²) in [5, 5.41) is 5.05. The van der Waals surface area contributed by atoms with Gasteiger partial charge >= 0.3 is 5.63 Å². The molecule has 0 fully saturated rings. The molecule has 3 heterocycles. The van der Waals surface area contributed by atoms with Crippen LogP contribution in [0.4, 0.5) is 0 Å². The summed E-state index contributed by atoms with van der Waals surface area (Å²) in [6.07, 6.45) is 2.56. The number of carbonyl (C=O) groups is 1. The van der Waals surface area contributed by atoms with Gasteiger partial charge in [-0.3, -0.25) is 15.0 Å². The van der Waals surface area contributed by atoms with E-state index in [2.05, 4.69) is 15.5 Å². The van der Waals surface area contributed by atoms with Crippen molar-refractivity contribution in [3.63, 3.8) is 0 Å². The zero-order valence-electron chi connectivity index (χ0n) is 16.3. The van der Waals surface area contributed by atoms with Crippen LogP contribution in [-0.4, -0.2) is 25.3 Å². The van der Waals surface area contributed by atoms with Gasteiger partial charge in [0.05, 0.1) is 11.9 Å². The van der Waals surface area contributed by atoms with Crippen LogP contribution in [0.5, 0.6) is 0 Å². The molecule has 2 aromatic carbocycles. The van der Waals surface area contributed by atoms with Crippen LogP contribution in [-0.2, 0) is 0 Å². The number of amides is 1. The SMILES string of the molecule is Cc1ccc(-n2ncc3c(=O)n(NC(=O)c4cc5ccccc5oc4=O)cnc32)cc1. The molecule has 0 atom stereocenters. The van der Waals surface area contributed by atoms with Crippen LogP contribution in [0.15, 0.2) is 81.1 Å². The van der Waals surface area contributed by atoms with Crippen LogP contribution in [0.3, 0.4) is 0 Å². The average Bonchev–Trinajstić information content (AvgIpc) is 3.20. The number of benzene rings is 2. The van der Waals surface area contributed by atoms with Gasteiger partial charge in [0.25, 0.3) is 11.5 Å². The first kappa shape index (κ1) is 18.5. The molecule has 0 bridgehead atoms. The van der Waals surface area contributed by atoms with Crippen molar-refractivity contribution in [2.24, 2.45) is 0 Å². The maximum Gasteiger partial charge on any atom is 0.349 e. The van der Waals surface area contributed by atoms with Crippen molar-refractivity contribution >= 4 is 27.9 Å². The minimum absolute atomic E-state index is 0.217. The molecule has 0 aliphatic heterocycles. The van der Waals surface area contributed by atoms with Gasteiger partial charge < -0.3 is 4.42 Å². The first-order valence-electron chi connectivity index (χ1n) is 9.38. The summed E-state index contributed by atoms with van der Waals surface area (Å²) in [7, 11) is 0. The summed E-state index contributed by atoms with van der Waals surface area (Å²) in [6.45, 7) is 1.97. The summed E-state index contributed by atoms with van der Waals surface area (Å²) >= 11 is 0. The quantitative estimate of drug-likeness (QED) is 0.455. The molecule has 0 aliphatic carbocycles. The summed E-state index contributed by atoms with van der Waals surface area (Å²) < 4.78 is 7.64. The van der Waals surface area contributed by atoms with Crippen molar-refractivity contribution in [1.82, 2.24) is 19.4 Å². The van der Waals surface area contributed by atoms with Gasteiger partial charge in [0, 0.05) is 5.39 Å². The molecule has 3 aromatic heterocycles. The monoisotopic (exact) mass is 413 g/mol. The number of aryl methyl sites for hydroxylation is 1. The average molecular weight is 413 g/mol. The molecule has 9 nitrogen and oxygen atoms in total. The number of hydrogen-bond donors (Lipinski definition) is 1. The van der Waals surface area contributed by atoms with Gasteiger partial charge in [-0.15, -0.1) is 0 Å². The molecule has 5 rings (SSSR count). The third-order valence-corrected chi connectivity index (χ3v) is 4.88. The number of para-hydroxylation sites is 1. The molecular weight excluding hydrogens is 398 g/mol. The predicted octanol–water partition coefficient (Wildman–Crippen LogP) is 2.38. The topological polar surface area (TPSA) is 112 Å². The smallest absolute Gasteiger partial charge is 0.349 e. The van der Waals surface area contributed by atoms with E-state index in [4.69, 9.17) is 4.42 Å². The Bertz CT molecular complexity index is 1580. The lowest BCUT2D eigenvalue weighted by Crippen LogP contribution is -2.35. The number of carbonyl (C=O) groups excluding carboxylic acids is 1. The Kier molecular flexibility index (Phi) is 4.21. The second kappa shape index (κ2) is 7.06. The van der Waals surface area contributed by atoms with Crippen LogP contribution < -0.4 is 16.6 Å². The molecular formula is C22H15N5O4. The Hall–Kier alpha value is -4.53. The Morgan fingerprint density at radius 1 is 1.06 bits per heavy atom. The first-order valence-corrected chi connectivity index (χ1v) is 9.38. The van der Waals surface area contributed by atoms with Crippen molar-refractivity contribution in [3.8, 4) is 5.69 Å². The molecule has 31 heavy (non-hydrogen) atoms. The van der Waals surface area contributed by atoms with Crippen LogP contribution in [0, 0.1) is 6.92 Å². The van der Waals surface area contributed by atoms with Gasteiger partial charge in [-0.2, -0.15) is 5.10 Å². The molecule has 0 aliphatic rings. The molecule has 1 amide bonds. The molecule has 152 valence electrons. The van der Waals surface area contributed by atoms with Crippen molar-refractivity contribution < 1.29 is 9.21 Å². The van der Waals surface area contributed by atoms with E-state index in [1.807, 2.05) is 31.2 Å². The lowest BCUT2D eigenvalue weighted by Gasteiger charge is -2.08. The molecule has 5 aromatic rings. The normalized spacial score (nSPS) is 11.1. The van der Waals surface area contributed by atoms with Crippen LogP contribution >= 0.6 is 0 Å². The number of rotatable bonds is 3. The molecule has 0 spiro atoms. The van der Waals surface area contributed by atoms with Crippen molar-refractivity contribution in [2.45, 2.75) is 6.92 Å². The second-order valence-corrected chi connectivity index (χ2v) is 6.98. The highest BCUT2D eigenvalue weighted by Gasteiger charge is 2.17. The Morgan fingerprint density at radius 2 is 1.84 bits per heavy atom. The molecule has 0 saturated carbocycles. The first-order chi connectivity index (χ1) is 15.0. The maximum absolute atomic E-state index is 12.8. The minimum Gasteiger partial charge on any atom is -0.422 e. The van der Waals surface area contributed by atoms with Crippen LogP contribution in [0.25, 0.3) is 27.7 Å². The summed E-state index contributed by atoms with van der Waals surface area (Å²) in [5.41, 5.74) is 3.41. The van der Waals surface area contributed by atoms with E-state index >= 15 is 0 Å². The predicted molar refractivity (Wildman–Crippen MR) is 114 cm³/mol. The van der Waals surface area contributed by atoms with E-state index in [1.54, 1.807) is 28.9 Å². The van der Waals surface area contributed by atoms with E-state index in [0.29, 0.717) is 16.6 Å². The third-order valence-electron chi connectivity index (χ3n) is 4.88. The van der Waals surface area contributed by atoms with Crippen molar-refractivity contribution in [2.75, 3.05) is 5.43 Å². The van der Waals surface area contributed by atoms with Gasteiger partial charge in [-0.25, -0.2) is 19.1 Å². The van der Waals surface area contributed by atoms with E-state index in [0.717, 1.165) is 15.9 Å².